The van der Waals surface area contributed by atoms with E-state index in [-0.39, 0.29) is 17.7 Å². The highest BCUT2D eigenvalue weighted by Gasteiger charge is 2.25. The summed E-state index contributed by atoms with van der Waals surface area (Å²) in [6.45, 7) is 5.68. The smallest absolute Gasteiger partial charge is 0.328 e. The molecule has 0 spiro atoms. The van der Waals surface area contributed by atoms with Gasteiger partial charge in [-0.1, -0.05) is 20.3 Å². The first-order chi connectivity index (χ1) is 7.98. The number of H-pyrrole nitrogens is 1. The van der Waals surface area contributed by atoms with Crippen molar-refractivity contribution >= 4 is 0 Å². The molecule has 0 amide bonds. The Balaban J connectivity index is 3.39. The summed E-state index contributed by atoms with van der Waals surface area (Å²) in [6.07, 6.45) is 4.06. The number of aliphatic hydroxyl groups excluding tert-OH is 1. The van der Waals surface area contributed by atoms with Crippen molar-refractivity contribution in [3.05, 3.63) is 32.6 Å². The van der Waals surface area contributed by atoms with Crippen molar-refractivity contribution in [3.8, 4) is 0 Å². The van der Waals surface area contributed by atoms with E-state index in [0.29, 0.717) is 0 Å². The average molecular weight is 240 g/mol. The van der Waals surface area contributed by atoms with Gasteiger partial charge >= 0.3 is 5.69 Å². The number of hydrogen-bond acceptors (Lipinski definition) is 3. The molecule has 0 aromatic carbocycles. The topological polar surface area (TPSA) is 75.1 Å². The molecule has 0 radical (unpaired) electrons. The molecule has 2 N–H and O–H groups in total. The minimum atomic E-state index is -0.510. The van der Waals surface area contributed by atoms with Gasteiger partial charge in [0, 0.05) is 11.7 Å². The van der Waals surface area contributed by atoms with E-state index in [1.165, 1.54) is 10.8 Å². The Labute approximate surface area is 100 Å². The van der Waals surface area contributed by atoms with Gasteiger partial charge in [0.2, 0.25) is 0 Å². The van der Waals surface area contributed by atoms with Crippen molar-refractivity contribution in [2.45, 2.75) is 52.2 Å². The quantitative estimate of drug-likeness (QED) is 0.804. The van der Waals surface area contributed by atoms with E-state index in [9.17, 15) is 9.59 Å². The molecular weight excluding hydrogens is 220 g/mol. The van der Waals surface area contributed by atoms with Crippen LogP contribution in [-0.4, -0.2) is 14.7 Å². The largest absolute Gasteiger partial charge is 0.391 e. The fourth-order valence-electron chi connectivity index (χ4n) is 2.03. The van der Waals surface area contributed by atoms with Gasteiger partial charge in [0.25, 0.3) is 5.56 Å². The number of aliphatic hydroxyl groups is 1. The molecule has 1 unspecified atom stereocenters. The molecule has 1 atom stereocenters. The number of nitrogens with zero attached hydrogens (tertiary/aromatic N) is 1. The predicted molar refractivity (Wildman–Crippen MR) is 66.1 cm³/mol. The number of hydrogen-bond donors (Lipinski definition) is 2. The molecule has 0 aliphatic rings. The highest BCUT2D eigenvalue weighted by Crippen LogP contribution is 2.24. The fourth-order valence-corrected chi connectivity index (χ4v) is 2.03. The van der Waals surface area contributed by atoms with Gasteiger partial charge in [-0.2, -0.15) is 0 Å². The van der Waals surface area contributed by atoms with Crippen LogP contribution in [0.15, 0.2) is 15.8 Å². The van der Waals surface area contributed by atoms with Crippen LogP contribution in [0.4, 0.5) is 0 Å². The molecule has 0 fully saturated rings. The molecule has 0 saturated carbocycles. The van der Waals surface area contributed by atoms with Crippen LogP contribution in [0.25, 0.3) is 0 Å². The van der Waals surface area contributed by atoms with Crippen LogP contribution in [0, 0.1) is 0 Å². The second-order valence-electron chi connectivity index (χ2n) is 4.54. The zero-order chi connectivity index (χ0) is 13.1. The first kappa shape index (κ1) is 13.7. The summed E-state index contributed by atoms with van der Waals surface area (Å²) in [5, 5.41) is 9.07. The Morgan fingerprint density at radius 1 is 1.41 bits per heavy atom. The highest BCUT2D eigenvalue weighted by molar-refractivity contribution is 5.05. The van der Waals surface area contributed by atoms with E-state index in [1.54, 1.807) is 0 Å². The zero-order valence-corrected chi connectivity index (χ0v) is 10.6. The Bertz CT molecular complexity index is 489. The molecule has 1 aromatic heterocycles. The van der Waals surface area contributed by atoms with Crippen LogP contribution in [0.1, 0.15) is 45.6 Å². The lowest BCUT2D eigenvalue weighted by molar-refractivity contribution is 0.253. The number of aromatic amines is 1. The molecule has 96 valence electrons. The molecule has 0 aliphatic carbocycles. The molecule has 17 heavy (non-hydrogen) atoms. The average Bonchev–Trinajstić information content (AvgIpc) is 2.29. The third-order valence-electron chi connectivity index (χ3n) is 3.32. The van der Waals surface area contributed by atoms with Gasteiger partial charge in [-0.05, 0) is 19.8 Å². The van der Waals surface area contributed by atoms with E-state index >= 15 is 0 Å². The van der Waals surface area contributed by atoms with Crippen molar-refractivity contribution in [2.75, 3.05) is 0 Å². The lowest BCUT2D eigenvalue weighted by Crippen LogP contribution is -2.42. The molecule has 0 aliphatic heterocycles. The zero-order valence-electron chi connectivity index (χ0n) is 10.6. The maximum Gasteiger partial charge on any atom is 0.328 e. The Morgan fingerprint density at radius 3 is 2.53 bits per heavy atom. The van der Waals surface area contributed by atoms with Crippen LogP contribution in [0.2, 0.25) is 0 Å². The SMILES string of the molecule is CCCC(C)(CC)n1cc(CO)c(=O)[nH]c1=O. The fraction of sp³-hybridized carbons (Fsp3) is 0.667. The molecule has 5 nitrogen and oxygen atoms in total. The maximum atomic E-state index is 11.8. The van der Waals surface area contributed by atoms with Crippen molar-refractivity contribution in [3.63, 3.8) is 0 Å². The second-order valence-corrected chi connectivity index (χ2v) is 4.54. The van der Waals surface area contributed by atoms with Gasteiger partial charge in [-0.25, -0.2) is 4.79 Å². The summed E-state index contributed by atoms with van der Waals surface area (Å²) < 4.78 is 1.53. The lowest BCUT2D eigenvalue weighted by atomic mass is 9.92. The third-order valence-corrected chi connectivity index (χ3v) is 3.32. The van der Waals surface area contributed by atoms with E-state index < -0.39 is 11.2 Å². The van der Waals surface area contributed by atoms with E-state index in [0.717, 1.165) is 19.3 Å². The standard InChI is InChI=1S/C12H20N2O3/c1-4-6-12(3,5-2)14-7-9(8-15)10(16)13-11(14)17/h7,15H,4-6,8H2,1-3H3,(H,13,16,17). The third kappa shape index (κ3) is 2.66. The van der Waals surface area contributed by atoms with Crippen LogP contribution in [0.3, 0.4) is 0 Å². The van der Waals surface area contributed by atoms with Crippen LogP contribution in [-0.2, 0) is 12.1 Å². The number of aromatic nitrogens is 2. The van der Waals surface area contributed by atoms with E-state index in [2.05, 4.69) is 11.9 Å². The number of rotatable bonds is 5. The number of nitrogens with one attached hydrogen (secondary N) is 1. The van der Waals surface area contributed by atoms with Gasteiger partial charge in [0.05, 0.1) is 12.2 Å². The molecule has 0 bridgehead atoms. The van der Waals surface area contributed by atoms with E-state index in [1.807, 2.05) is 13.8 Å². The molecule has 1 heterocycles. The van der Waals surface area contributed by atoms with Crippen molar-refractivity contribution in [2.24, 2.45) is 0 Å². The van der Waals surface area contributed by atoms with Gasteiger partial charge in [0.15, 0.2) is 0 Å². The van der Waals surface area contributed by atoms with Crippen molar-refractivity contribution in [1.82, 2.24) is 9.55 Å². The normalized spacial score (nSPS) is 14.6. The Morgan fingerprint density at radius 2 is 2.06 bits per heavy atom. The van der Waals surface area contributed by atoms with Gasteiger partial charge in [-0.3, -0.25) is 14.3 Å². The van der Waals surface area contributed by atoms with Crippen molar-refractivity contribution < 1.29 is 5.11 Å². The molecule has 1 aromatic rings. The van der Waals surface area contributed by atoms with Crippen molar-refractivity contribution in [1.29, 1.82) is 0 Å². The van der Waals surface area contributed by atoms with Crippen LogP contribution in [0.5, 0.6) is 0 Å². The maximum absolute atomic E-state index is 11.8. The van der Waals surface area contributed by atoms with Gasteiger partial charge in [0.1, 0.15) is 0 Å². The summed E-state index contributed by atoms with van der Waals surface area (Å²) in [5.74, 6) is 0. The minimum Gasteiger partial charge on any atom is -0.391 e. The summed E-state index contributed by atoms with van der Waals surface area (Å²) in [5.41, 5.74) is -1.02. The van der Waals surface area contributed by atoms with Crippen LogP contribution >= 0.6 is 0 Å². The molecule has 1 rings (SSSR count). The minimum absolute atomic E-state index is 0.223. The second kappa shape index (κ2) is 5.31. The first-order valence-electron chi connectivity index (χ1n) is 5.94. The molecule has 5 heteroatoms. The molecular formula is C12H20N2O3. The monoisotopic (exact) mass is 240 g/mol. The first-order valence-corrected chi connectivity index (χ1v) is 5.94. The Hall–Kier alpha value is -1.36. The van der Waals surface area contributed by atoms with Gasteiger partial charge < -0.3 is 5.11 Å². The van der Waals surface area contributed by atoms with E-state index in [4.69, 9.17) is 5.11 Å². The summed E-state index contributed by atoms with van der Waals surface area (Å²) in [6, 6.07) is 0. The summed E-state index contributed by atoms with van der Waals surface area (Å²) in [7, 11) is 0. The molecule has 0 saturated heterocycles. The van der Waals surface area contributed by atoms with Crippen LogP contribution < -0.4 is 11.2 Å². The predicted octanol–water partition coefficient (Wildman–Crippen LogP) is 0.954. The summed E-state index contributed by atoms with van der Waals surface area (Å²) in [4.78, 5) is 25.4. The highest BCUT2D eigenvalue weighted by atomic mass is 16.3. The lowest BCUT2D eigenvalue weighted by Gasteiger charge is -2.30. The Kier molecular flexibility index (Phi) is 4.28. The summed E-state index contributed by atoms with van der Waals surface area (Å²) >= 11 is 0. The van der Waals surface area contributed by atoms with Gasteiger partial charge in [-0.15, -0.1) is 0 Å².